The van der Waals surface area contributed by atoms with Crippen molar-refractivity contribution in [2.45, 2.75) is 4.75 Å². The molecule has 0 saturated carbocycles. The van der Waals surface area contributed by atoms with Crippen LogP contribution in [-0.2, 0) is 19.4 Å². The van der Waals surface area contributed by atoms with E-state index in [1.807, 2.05) is 0 Å². The molecule has 1 fully saturated rings. The zero-order valence-electron chi connectivity index (χ0n) is 9.25. The minimum absolute atomic E-state index is 0.00567. The molecule has 17 heavy (non-hydrogen) atoms. The van der Waals surface area contributed by atoms with Crippen LogP contribution >= 0.6 is 0 Å². The number of nitrogens with zero attached hydrogens (tertiary/aromatic N) is 1. The van der Waals surface area contributed by atoms with Crippen molar-refractivity contribution in [2.75, 3.05) is 26.0 Å². The first-order valence-corrected chi connectivity index (χ1v) is 6.59. The number of carbonyl (C=O) groups is 2. The zero-order chi connectivity index (χ0) is 13.3. The number of hydrogen-bond acceptors (Lipinski definition) is 5. The number of aliphatic carboxylic acids is 1. The summed E-state index contributed by atoms with van der Waals surface area (Å²) >= 11 is 0. The van der Waals surface area contributed by atoms with Gasteiger partial charge < -0.3 is 14.7 Å². The molecule has 96 valence electrons. The lowest BCUT2D eigenvalue weighted by molar-refractivity contribution is -0.144. The van der Waals surface area contributed by atoms with Crippen molar-refractivity contribution in [1.82, 2.24) is 4.90 Å². The summed E-state index contributed by atoms with van der Waals surface area (Å²) in [5, 5.41) is 8.92. The molecule has 0 aromatic rings. The molecule has 1 amide bonds. The van der Waals surface area contributed by atoms with E-state index in [-0.39, 0.29) is 6.61 Å². The van der Waals surface area contributed by atoms with E-state index in [9.17, 15) is 18.0 Å². The van der Waals surface area contributed by atoms with Gasteiger partial charge >= 0.3 is 12.1 Å². The summed E-state index contributed by atoms with van der Waals surface area (Å²) in [4.78, 5) is 23.3. The number of carboxylic acids is 1. The predicted molar refractivity (Wildman–Crippen MR) is 58.3 cm³/mol. The Hall–Kier alpha value is -1.57. The number of ether oxygens (including phenoxy) is 1. The predicted octanol–water partition coefficient (Wildman–Crippen LogP) is -0.507. The summed E-state index contributed by atoms with van der Waals surface area (Å²) < 4.78 is 25.5. The highest BCUT2D eigenvalue weighted by atomic mass is 32.2. The number of amides is 1. The Morgan fingerprint density at radius 2 is 2.06 bits per heavy atom. The standard InChI is InChI=1S/C9H13NO6S/c1-3-4-16-8(13)10-5-9(6-10,7(11)12)17(2,14)15/h3H,1,4-6H2,2H3,(H,11,12). The minimum atomic E-state index is -3.78. The van der Waals surface area contributed by atoms with Crippen molar-refractivity contribution in [3.05, 3.63) is 12.7 Å². The lowest BCUT2D eigenvalue weighted by Gasteiger charge is -2.44. The van der Waals surface area contributed by atoms with Gasteiger partial charge in [-0.05, 0) is 0 Å². The van der Waals surface area contributed by atoms with Gasteiger partial charge in [0.15, 0.2) is 9.84 Å². The van der Waals surface area contributed by atoms with E-state index < -0.39 is 39.7 Å². The van der Waals surface area contributed by atoms with E-state index in [2.05, 4.69) is 11.3 Å². The molecule has 1 rings (SSSR count). The fourth-order valence-electron chi connectivity index (χ4n) is 1.45. The van der Waals surface area contributed by atoms with Gasteiger partial charge in [-0.3, -0.25) is 4.79 Å². The normalized spacial score (nSPS) is 18.1. The molecule has 1 aliphatic rings. The highest BCUT2D eigenvalue weighted by Gasteiger charge is 2.59. The second-order valence-corrected chi connectivity index (χ2v) is 6.12. The first kappa shape index (κ1) is 13.5. The van der Waals surface area contributed by atoms with Gasteiger partial charge in [-0.15, -0.1) is 0 Å². The number of carbonyl (C=O) groups excluding carboxylic acids is 1. The number of sulfone groups is 1. The molecule has 0 radical (unpaired) electrons. The molecular formula is C9H13NO6S. The summed E-state index contributed by atoms with van der Waals surface area (Å²) in [5.41, 5.74) is 0. The Bertz CT molecular complexity index is 448. The van der Waals surface area contributed by atoms with Crippen LogP contribution in [-0.4, -0.2) is 61.2 Å². The first-order valence-electron chi connectivity index (χ1n) is 4.70. The lowest BCUT2D eigenvalue weighted by Crippen LogP contribution is -2.70. The smallest absolute Gasteiger partial charge is 0.410 e. The van der Waals surface area contributed by atoms with E-state index in [1.54, 1.807) is 0 Å². The van der Waals surface area contributed by atoms with Gasteiger partial charge in [0.1, 0.15) is 6.61 Å². The Labute approximate surface area is 98.6 Å². The Morgan fingerprint density at radius 1 is 1.53 bits per heavy atom. The number of likely N-dealkylation sites (tertiary alicyclic amines) is 1. The van der Waals surface area contributed by atoms with Gasteiger partial charge in [0.25, 0.3) is 0 Å². The fourth-order valence-corrected chi connectivity index (χ4v) is 2.55. The van der Waals surface area contributed by atoms with Crippen LogP contribution in [0.2, 0.25) is 0 Å². The monoisotopic (exact) mass is 263 g/mol. The number of carboxylic acid groups (broad SMARTS) is 1. The molecule has 0 aromatic carbocycles. The molecule has 1 heterocycles. The third kappa shape index (κ3) is 2.26. The van der Waals surface area contributed by atoms with Crippen molar-refractivity contribution in [3.63, 3.8) is 0 Å². The first-order chi connectivity index (χ1) is 7.74. The highest BCUT2D eigenvalue weighted by Crippen LogP contribution is 2.30. The SMILES string of the molecule is C=CCOC(=O)N1CC(C(=O)O)(S(C)(=O)=O)C1. The van der Waals surface area contributed by atoms with E-state index >= 15 is 0 Å². The third-order valence-corrected chi connectivity index (χ3v) is 4.43. The topological polar surface area (TPSA) is 101 Å². The molecule has 1 aliphatic heterocycles. The van der Waals surface area contributed by atoms with Gasteiger partial charge in [-0.2, -0.15) is 0 Å². The molecule has 1 saturated heterocycles. The fraction of sp³-hybridized carbons (Fsp3) is 0.556. The summed E-state index contributed by atoms with van der Waals surface area (Å²) in [6.07, 6.45) is 1.46. The van der Waals surface area contributed by atoms with Crippen LogP contribution in [0.25, 0.3) is 0 Å². The number of rotatable bonds is 4. The van der Waals surface area contributed by atoms with Crippen LogP contribution in [0.4, 0.5) is 4.79 Å². The van der Waals surface area contributed by atoms with Crippen molar-refractivity contribution < 1.29 is 27.9 Å². The Balaban J connectivity index is 2.73. The summed E-state index contributed by atoms with van der Waals surface area (Å²) in [5.74, 6) is -1.45. The van der Waals surface area contributed by atoms with Crippen LogP contribution in [0, 0.1) is 0 Å². The molecule has 0 aliphatic carbocycles. The Kier molecular flexibility index (Phi) is 3.46. The van der Waals surface area contributed by atoms with Crippen LogP contribution < -0.4 is 0 Å². The maximum Gasteiger partial charge on any atom is 0.410 e. The molecule has 0 spiro atoms. The van der Waals surface area contributed by atoms with Gasteiger partial charge in [0.2, 0.25) is 4.75 Å². The largest absolute Gasteiger partial charge is 0.480 e. The average Bonchev–Trinajstić information content (AvgIpc) is 2.09. The van der Waals surface area contributed by atoms with Gasteiger partial charge in [0.05, 0.1) is 13.1 Å². The van der Waals surface area contributed by atoms with E-state index in [1.165, 1.54) is 6.08 Å². The van der Waals surface area contributed by atoms with Gasteiger partial charge in [-0.1, -0.05) is 12.7 Å². The van der Waals surface area contributed by atoms with Gasteiger partial charge in [0, 0.05) is 6.26 Å². The zero-order valence-corrected chi connectivity index (χ0v) is 10.1. The molecule has 0 atom stereocenters. The quantitative estimate of drug-likeness (QED) is 0.686. The maximum absolute atomic E-state index is 11.4. The van der Waals surface area contributed by atoms with Crippen molar-refractivity contribution >= 4 is 21.9 Å². The summed E-state index contributed by atoms with van der Waals surface area (Å²) in [6.45, 7) is 2.56. The Morgan fingerprint density at radius 3 is 2.41 bits per heavy atom. The van der Waals surface area contributed by atoms with E-state index in [0.29, 0.717) is 0 Å². The summed E-state index contributed by atoms with van der Waals surface area (Å²) in [7, 11) is -3.78. The maximum atomic E-state index is 11.4. The van der Waals surface area contributed by atoms with Crippen molar-refractivity contribution in [3.8, 4) is 0 Å². The van der Waals surface area contributed by atoms with Crippen LogP contribution in [0.3, 0.4) is 0 Å². The van der Waals surface area contributed by atoms with Crippen LogP contribution in [0.15, 0.2) is 12.7 Å². The van der Waals surface area contributed by atoms with Crippen molar-refractivity contribution in [2.24, 2.45) is 0 Å². The second-order valence-electron chi connectivity index (χ2n) is 3.79. The average molecular weight is 263 g/mol. The molecule has 1 N–H and O–H groups in total. The summed E-state index contributed by atoms with van der Waals surface area (Å²) in [6, 6.07) is 0. The molecular weight excluding hydrogens is 250 g/mol. The highest BCUT2D eigenvalue weighted by molar-refractivity contribution is 7.93. The van der Waals surface area contributed by atoms with E-state index in [0.717, 1.165) is 11.2 Å². The van der Waals surface area contributed by atoms with E-state index in [4.69, 9.17) is 5.11 Å². The molecule has 0 bridgehead atoms. The number of hydrogen-bond donors (Lipinski definition) is 1. The van der Waals surface area contributed by atoms with Crippen LogP contribution in [0.1, 0.15) is 0 Å². The lowest BCUT2D eigenvalue weighted by atomic mass is 10.00. The third-order valence-electron chi connectivity index (χ3n) is 2.57. The molecule has 0 unspecified atom stereocenters. The van der Waals surface area contributed by atoms with Gasteiger partial charge in [-0.25, -0.2) is 13.2 Å². The van der Waals surface area contributed by atoms with Crippen LogP contribution in [0.5, 0.6) is 0 Å². The minimum Gasteiger partial charge on any atom is -0.480 e. The molecule has 7 nitrogen and oxygen atoms in total. The van der Waals surface area contributed by atoms with Crippen molar-refractivity contribution in [1.29, 1.82) is 0 Å². The second kappa shape index (κ2) is 4.36. The molecule has 8 heteroatoms. The molecule has 0 aromatic heterocycles.